The van der Waals surface area contributed by atoms with Crippen molar-refractivity contribution in [1.82, 2.24) is 15.6 Å². The van der Waals surface area contributed by atoms with Gasteiger partial charge in [0, 0.05) is 31.9 Å². The summed E-state index contributed by atoms with van der Waals surface area (Å²) in [6.45, 7) is 0.725. The zero-order valence-corrected chi connectivity index (χ0v) is 14.8. The lowest BCUT2D eigenvalue weighted by atomic mass is 9.96. The van der Waals surface area contributed by atoms with Crippen LogP contribution in [0, 0.1) is 0 Å². The second-order valence-electron chi connectivity index (χ2n) is 6.93. The summed E-state index contributed by atoms with van der Waals surface area (Å²) in [5.41, 5.74) is 1.14. The van der Waals surface area contributed by atoms with E-state index in [0.717, 1.165) is 36.8 Å². The molecule has 0 saturated heterocycles. The van der Waals surface area contributed by atoms with Crippen LogP contribution < -0.4 is 15.4 Å². The minimum Gasteiger partial charge on any atom is -0.474 e. The minimum absolute atomic E-state index is 0.361. The van der Waals surface area contributed by atoms with E-state index >= 15 is 0 Å². The number of hydrogen-bond donors (Lipinski definition) is 2. The van der Waals surface area contributed by atoms with E-state index in [-0.39, 0.29) is 0 Å². The second-order valence-corrected chi connectivity index (χ2v) is 6.93. The maximum Gasteiger partial charge on any atom is 0.213 e. The van der Waals surface area contributed by atoms with Gasteiger partial charge >= 0.3 is 0 Å². The van der Waals surface area contributed by atoms with Gasteiger partial charge in [0.15, 0.2) is 5.96 Å². The van der Waals surface area contributed by atoms with Crippen LogP contribution in [-0.4, -0.2) is 30.1 Å². The third-order valence-electron chi connectivity index (χ3n) is 5.02. The van der Waals surface area contributed by atoms with E-state index in [0.29, 0.717) is 12.1 Å². The largest absolute Gasteiger partial charge is 0.474 e. The number of ether oxygens (including phenoxy) is 1. The van der Waals surface area contributed by atoms with Crippen LogP contribution in [0.5, 0.6) is 5.88 Å². The van der Waals surface area contributed by atoms with E-state index in [1.54, 1.807) is 0 Å². The summed E-state index contributed by atoms with van der Waals surface area (Å²) in [5.74, 6) is 1.63. The first-order chi connectivity index (χ1) is 11.8. The van der Waals surface area contributed by atoms with Gasteiger partial charge in [0.2, 0.25) is 5.88 Å². The Morgan fingerprint density at radius 3 is 2.54 bits per heavy atom. The maximum atomic E-state index is 5.91. The Hall–Kier alpha value is -1.78. The predicted molar refractivity (Wildman–Crippen MR) is 97.3 cm³/mol. The molecule has 0 spiro atoms. The molecule has 2 fully saturated rings. The second kappa shape index (κ2) is 8.90. The van der Waals surface area contributed by atoms with Crippen LogP contribution in [0.25, 0.3) is 0 Å². The van der Waals surface area contributed by atoms with Crippen LogP contribution in [0.15, 0.2) is 23.3 Å². The Morgan fingerprint density at radius 2 is 1.88 bits per heavy atom. The van der Waals surface area contributed by atoms with Crippen LogP contribution in [0.1, 0.15) is 63.4 Å². The summed E-state index contributed by atoms with van der Waals surface area (Å²) in [4.78, 5) is 8.77. The summed E-state index contributed by atoms with van der Waals surface area (Å²) >= 11 is 0. The first-order valence-electron chi connectivity index (χ1n) is 9.42. The fourth-order valence-corrected chi connectivity index (χ4v) is 3.58. The van der Waals surface area contributed by atoms with E-state index in [2.05, 4.69) is 26.7 Å². The van der Waals surface area contributed by atoms with E-state index in [1.807, 2.05) is 19.3 Å². The third-order valence-corrected chi connectivity index (χ3v) is 5.02. The van der Waals surface area contributed by atoms with Crippen molar-refractivity contribution in [2.75, 3.05) is 7.05 Å². The van der Waals surface area contributed by atoms with Gasteiger partial charge in [0.05, 0.1) is 0 Å². The molecule has 5 nitrogen and oxygen atoms in total. The van der Waals surface area contributed by atoms with Crippen molar-refractivity contribution in [2.24, 2.45) is 4.99 Å². The molecule has 1 heterocycles. The van der Waals surface area contributed by atoms with Crippen molar-refractivity contribution in [3.05, 3.63) is 23.9 Å². The third kappa shape index (κ3) is 5.11. The molecule has 0 unspecified atom stereocenters. The number of pyridine rings is 1. The number of aromatic nitrogens is 1. The van der Waals surface area contributed by atoms with Crippen molar-refractivity contribution in [1.29, 1.82) is 0 Å². The van der Waals surface area contributed by atoms with Crippen LogP contribution in [0.3, 0.4) is 0 Å². The molecule has 132 valence electrons. The highest BCUT2D eigenvalue weighted by Crippen LogP contribution is 2.22. The summed E-state index contributed by atoms with van der Waals surface area (Å²) in [5, 5.41) is 6.91. The summed E-state index contributed by atoms with van der Waals surface area (Å²) in [6.07, 6.45) is 13.6. The number of guanidine groups is 1. The molecule has 0 atom stereocenters. The Kier molecular flexibility index (Phi) is 6.33. The molecular weight excluding hydrogens is 300 g/mol. The molecule has 2 saturated carbocycles. The van der Waals surface area contributed by atoms with Crippen LogP contribution in [-0.2, 0) is 6.54 Å². The molecule has 2 N–H and O–H groups in total. The van der Waals surface area contributed by atoms with Crippen molar-refractivity contribution in [3.63, 3.8) is 0 Å². The Bertz CT molecular complexity index is 517. The lowest BCUT2D eigenvalue weighted by molar-refractivity contribution is 0.201. The minimum atomic E-state index is 0.361. The van der Waals surface area contributed by atoms with E-state index < -0.39 is 0 Å². The van der Waals surface area contributed by atoms with Gasteiger partial charge in [0.1, 0.15) is 6.10 Å². The molecular formula is C19H30N4O. The summed E-state index contributed by atoms with van der Waals surface area (Å²) < 4.78 is 5.91. The maximum absolute atomic E-state index is 5.91. The van der Waals surface area contributed by atoms with Gasteiger partial charge in [-0.3, -0.25) is 4.99 Å². The molecule has 5 heteroatoms. The first-order valence-corrected chi connectivity index (χ1v) is 9.42. The van der Waals surface area contributed by atoms with Crippen LogP contribution in [0.4, 0.5) is 0 Å². The highest BCUT2D eigenvalue weighted by molar-refractivity contribution is 5.79. The van der Waals surface area contributed by atoms with Crippen molar-refractivity contribution in [3.8, 4) is 5.88 Å². The zero-order chi connectivity index (χ0) is 16.6. The molecule has 3 rings (SSSR count). The highest BCUT2D eigenvalue weighted by Gasteiger charge is 2.17. The number of aliphatic imine (C=N–C) groups is 1. The quantitative estimate of drug-likeness (QED) is 0.642. The molecule has 2 aliphatic carbocycles. The smallest absolute Gasteiger partial charge is 0.213 e. The molecule has 1 aromatic heterocycles. The molecule has 1 aromatic rings. The number of nitrogens with one attached hydrogen (secondary N) is 2. The fourth-order valence-electron chi connectivity index (χ4n) is 3.58. The van der Waals surface area contributed by atoms with Gasteiger partial charge in [-0.1, -0.05) is 25.3 Å². The van der Waals surface area contributed by atoms with Gasteiger partial charge in [-0.15, -0.1) is 0 Å². The molecule has 0 amide bonds. The lowest BCUT2D eigenvalue weighted by Gasteiger charge is -2.24. The lowest BCUT2D eigenvalue weighted by Crippen LogP contribution is -2.43. The molecule has 0 aliphatic heterocycles. The highest BCUT2D eigenvalue weighted by atomic mass is 16.5. The Balaban J connectivity index is 1.44. The molecule has 0 radical (unpaired) electrons. The fraction of sp³-hybridized carbons (Fsp3) is 0.684. The molecule has 0 bridgehead atoms. The summed E-state index contributed by atoms with van der Waals surface area (Å²) in [7, 11) is 1.83. The number of hydrogen-bond acceptors (Lipinski definition) is 3. The van der Waals surface area contributed by atoms with Crippen LogP contribution >= 0.6 is 0 Å². The average Bonchev–Trinajstić information content (AvgIpc) is 3.14. The molecule has 24 heavy (non-hydrogen) atoms. The SMILES string of the molecule is CN=C(NCc1ccc(OC2CCCC2)nc1)NC1CCCCC1. The molecule has 0 aromatic carbocycles. The van der Waals surface area contributed by atoms with Gasteiger partial charge in [-0.25, -0.2) is 4.98 Å². The van der Waals surface area contributed by atoms with Crippen LogP contribution in [0.2, 0.25) is 0 Å². The van der Waals surface area contributed by atoms with Gasteiger partial charge in [-0.05, 0) is 44.1 Å². The standard InChI is InChI=1S/C19H30N4O/c1-20-19(23-16-7-3-2-4-8-16)22-14-15-11-12-18(21-13-15)24-17-9-5-6-10-17/h11-13,16-17H,2-10,14H2,1H3,(H2,20,22,23). The topological polar surface area (TPSA) is 58.5 Å². The van der Waals surface area contributed by atoms with E-state index in [4.69, 9.17) is 4.74 Å². The van der Waals surface area contributed by atoms with E-state index in [1.165, 1.54) is 44.9 Å². The first kappa shape index (κ1) is 17.1. The Labute approximate surface area is 145 Å². The van der Waals surface area contributed by atoms with Gasteiger partial charge < -0.3 is 15.4 Å². The van der Waals surface area contributed by atoms with Gasteiger partial charge in [0.25, 0.3) is 0 Å². The predicted octanol–water partition coefficient (Wildman–Crippen LogP) is 3.40. The van der Waals surface area contributed by atoms with Crippen molar-refractivity contribution < 1.29 is 4.74 Å². The zero-order valence-electron chi connectivity index (χ0n) is 14.8. The summed E-state index contributed by atoms with van der Waals surface area (Å²) in [6, 6.07) is 4.62. The number of rotatable bonds is 5. The molecule has 2 aliphatic rings. The average molecular weight is 330 g/mol. The monoisotopic (exact) mass is 330 g/mol. The van der Waals surface area contributed by atoms with Crippen molar-refractivity contribution >= 4 is 5.96 Å². The normalized spacial score (nSPS) is 20.1. The van der Waals surface area contributed by atoms with Crippen molar-refractivity contribution in [2.45, 2.75) is 76.5 Å². The Morgan fingerprint density at radius 1 is 1.12 bits per heavy atom. The number of nitrogens with zero attached hydrogens (tertiary/aromatic N) is 2. The van der Waals surface area contributed by atoms with E-state index in [9.17, 15) is 0 Å². The van der Waals surface area contributed by atoms with Gasteiger partial charge in [-0.2, -0.15) is 0 Å².